The molecule has 0 radical (unpaired) electrons. The molecule has 25 heavy (non-hydrogen) atoms. The molecule has 3 rings (SSSR count). The number of rotatable bonds is 4. The van der Waals surface area contributed by atoms with E-state index in [9.17, 15) is 14.4 Å². The summed E-state index contributed by atoms with van der Waals surface area (Å²) in [5.74, 6) is -0.769. The van der Waals surface area contributed by atoms with Crippen molar-refractivity contribution in [3.05, 3.63) is 17.0 Å². The van der Waals surface area contributed by atoms with Crippen molar-refractivity contribution >= 4 is 46.5 Å². The van der Waals surface area contributed by atoms with Gasteiger partial charge in [-0.2, -0.15) is 0 Å². The van der Waals surface area contributed by atoms with Crippen molar-refractivity contribution in [3.8, 4) is 0 Å². The van der Waals surface area contributed by atoms with E-state index in [0.717, 1.165) is 19.4 Å². The molecule has 2 aliphatic rings. The van der Waals surface area contributed by atoms with Crippen LogP contribution >= 0.6 is 23.7 Å². The predicted octanol–water partition coefficient (Wildman–Crippen LogP) is 1.18. The maximum absolute atomic E-state index is 12.6. The molecule has 9 heteroatoms. The summed E-state index contributed by atoms with van der Waals surface area (Å²) < 4.78 is 4.75. The number of hydrogen-bond donors (Lipinski definition) is 2. The Labute approximate surface area is 156 Å². The molecule has 0 aliphatic carbocycles. The van der Waals surface area contributed by atoms with E-state index in [-0.39, 0.29) is 30.1 Å². The molecule has 3 heterocycles. The van der Waals surface area contributed by atoms with Crippen molar-refractivity contribution in [3.63, 3.8) is 0 Å². The van der Waals surface area contributed by atoms with Gasteiger partial charge in [0.25, 0.3) is 0 Å². The fourth-order valence-corrected chi connectivity index (χ4v) is 4.08. The molecule has 0 saturated carbocycles. The molecule has 7 nitrogen and oxygen atoms in total. The van der Waals surface area contributed by atoms with Gasteiger partial charge in [0, 0.05) is 13.1 Å². The molecule has 1 aromatic heterocycles. The number of amides is 2. The number of halogens is 1. The molecule has 2 N–H and O–H groups in total. The van der Waals surface area contributed by atoms with Gasteiger partial charge in [-0.1, -0.05) is 0 Å². The number of piperidine rings is 1. The Hall–Kier alpha value is -1.64. The van der Waals surface area contributed by atoms with Crippen LogP contribution in [0.3, 0.4) is 0 Å². The molecular weight excluding hydrogens is 366 g/mol. The lowest BCUT2D eigenvalue weighted by atomic mass is 9.98. The lowest BCUT2D eigenvalue weighted by Gasteiger charge is -2.23. The lowest BCUT2D eigenvalue weighted by molar-refractivity contribution is -0.129. The Kier molecular flexibility index (Phi) is 6.80. The van der Waals surface area contributed by atoms with E-state index in [1.165, 1.54) is 18.4 Å². The van der Waals surface area contributed by atoms with Crippen molar-refractivity contribution in [2.45, 2.75) is 25.3 Å². The summed E-state index contributed by atoms with van der Waals surface area (Å²) in [5, 5.41) is 8.42. The van der Waals surface area contributed by atoms with Gasteiger partial charge in [-0.05, 0) is 37.3 Å². The maximum atomic E-state index is 12.6. The Balaban J connectivity index is 0.00000225. The number of anilines is 1. The molecule has 0 spiro atoms. The first-order valence-electron chi connectivity index (χ1n) is 8.10. The Morgan fingerprint density at radius 3 is 2.88 bits per heavy atom. The third-order valence-electron chi connectivity index (χ3n) is 4.48. The second-order valence-electron chi connectivity index (χ2n) is 6.01. The topological polar surface area (TPSA) is 87.7 Å². The number of hydrogen-bond acceptors (Lipinski definition) is 6. The number of nitrogens with one attached hydrogen (secondary N) is 2. The Morgan fingerprint density at radius 2 is 2.20 bits per heavy atom. The van der Waals surface area contributed by atoms with E-state index in [4.69, 9.17) is 4.74 Å². The molecule has 2 saturated heterocycles. The summed E-state index contributed by atoms with van der Waals surface area (Å²) in [6.45, 7) is 2.08. The summed E-state index contributed by atoms with van der Waals surface area (Å²) in [4.78, 5) is 38.3. The van der Waals surface area contributed by atoms with Gasteiger partial charge in [0.15, 0.2) is 0 Å². The predicted molar refractivity (Wildman–Crippen MR) is 97.4 cm³/mol. The standard InChI is InChI=1S/C16H21N3O4S.ClH/c1-23-16(22)11-5-8-24-15(11)19-7-4-12(14(19)21)18-13(20)10-3-2-6-17-9-10;/h5,8,10,12,17H,2-4,6-7,9H2,1H3,(H,18,20);1H. The first-order valence-corrected chi connectivity index (χ1v) is 8.98. The van der Waals surface area contributed by atoms with E-state index < -0.39 is 12.0 Å². The van der Waals surface area contributed by atoms with Gasteiger partial charge < -0.3 is 20.3 Å². The summed E-state index contributed by atoms with van der Waals surface area (Å²) >= 11 is 1.32. The van der Waals surface area contributed by atoms with Crippen molar-refractivity contribution in [2.24, 2.45) is 5.92 Å². The van der Waals surface area contributed by atoms with Crippen LogP contribution < -0.4 is 15.5 Å². The van der Waals surface area contributed by atoms with Crippen LogP contribution in [0.25, 0.3) is 0 Å². The number of ether oxygens (including phenoxy) is 1. The molecule has 138 valence electrons. The molecular formula is C16H22ClN3O4S. The molecule has 2 amide bonds. The van der Waals surface area contributed by atoms with Crippen LogP contribution in [0.15, 0.2) is 11.4 Å². The fraction of sp³-hybridized carbons (Fsp3) is 0.562. The molecule has 2 atom stereocenters. The minimum absolute atomic E-state index is 0. The number of thiophene rings is 1. The van der Waals surface area contributed by atoms with E-state index in [1.54, 1.807) is 16.3 Å². The third kappa shape index (κ3) is 4.13. The van der Waals surface area contributed by atoms with Gasteiger partial charge in [0.2, 0.25) is 11.8 Å². The molecule has 2 aliphatic heterocycles. The lowest BCUT2D eigenvalue weighted by Crippen LogP contribution is -2.47. The van der Waals surface area contributed by atoms with Crippen LogP contribution in [0.5, 0.6) is 0 Å². The van der Waals surface area contributed by atoms with Crippen molar-refractivity contribution in [2.75, 3.05) is 31.6 Å². The van der Waals surface area contributed by atoms with Crippen LogP contribution in [0.1, 0.15) is 29.6 Å². The highest BCUT2D eigenvalue weighted by Gasteiger charge is 2.37. The normalized spacial score (nSPS) is 23.1. The Bertz CT molecular complexity index is 645. The molecule has 0 aromatic carbocycles. The number of esters is 1. The fourth-order valence-electron chi connectivity index (χ4n) is 3.16. The zero-order valence-corrected chi connectivity index (χ0v) is 15.6. The minimum Gasteiger partial charge on any atom is -0.465 e. The summed E-state index contributed by atoms with van der Waals surface area (Å²) in [7, 11) is 1.32. The van der Waals surface area contributed by atoms with Gasteiger partial charge in [-0.3, -0.25) is 9.59 Å². The second kappa shape index (κ2) is 8.64. The number of carbonyl (C=O) groups is 3. The zero-order valence-electron chi connectivity index (χ0n) is 13.9. The number of nitrogens with zero attached hydrogens (tertiary/aromatic N) is 1. The highest BCUT2D eigenvalue weighted by Crippen LogP contribution is 2.31. The molecule has 1 aromatic rings. The van der Waals surface area contributed by atoms with Gasteiger partial charge in [-0.25, -0.2) is 4.79 Å². The zero-order chi connectivity index (χ0) is 17.1. The van der Waals surface area contributed by atoms with Crippen molar-refractivity contribution < 1.29 is 19.1 Å². The van der Waals surface area contributed by atoms with Crippen LogP contribution in [-0.2, 0) is 14.3 Å². The average Bonchev–Trinajstić information content (AvgIpc) is 3.22. The first-order chi connectivity index (χ1) is 11.6. The van der Waals surface area contributed by atoms with E-state index in [0.29, 0.717) is 30.1 Å². The molecule has 2 unspecified atom stereocenters. The van der Waals surface area contributed by atoms with Gasteiger partial charge in [0.05, 0.1) is 18.6 Å². The van der Waals surface area contributed by atoms with Gasteiger partial charge in [-0.15, -0.1) is 23.7 Å². The molecule has 0 bridgehead atoms. The van der Waals surface area contributed by atoms with Gasteiger partial charge in [0.1, 0.15) is 11.0 Å². The van der Waals surface area contributed by atoms with E-state index in [2.05, 4.69) is 10.6 Å². The monoisotopic (exact) mass is 387 g/mol. The SMILES string of the molecule is COC(=O)c1ccsc1N1CCC(NC(=O)C2CCCNC2)C1=O.Cl. The van der Waals surface area contributed by atoms with Crippen LogP contribution in [0, 0.1) is 5.92 Å². The van der Waals surface area contributed by atoms with Crippen molar-refractivity contribution in [1.29, 1.82) is 0 Å². The van der Waals surface area contributed by atoms with Gasteiger partial charge >= 0.3 is 5.97 Å². The minimum atomic E-state index is -0.521. The largest absolute Gasteiger partial charge is 0.465 e. The average molecular weight is 388 g/mol. The van der Waals surface area contributed by atoms with E-state index >= 15 is 0 Å². The summed E-state index contributed by atoms with van der Waals surface area (Å²) in [6, 6.07) is 1.13. The third-order valence-corrected chi connectivity index (χ3v) is 5.42. The summed E-state index contributed by atoms with van der Waals surface area (Å²) in [6.07, 6.45) is 2.37. The quantitative estimate of drug-likeness (QED) is 0.757. The summed E-state index contributed by atoms with van der Waals surface area (Å²) in [5.41, 5.74) is 0.388. The highest BCUT2D eigenvalue weighted by atomic mass is 35.5. The van der Waals surface area contributed by atoms with E-state index in [1.807, 2.05) is 0 Å². The highest BCUT2D eigenvalue weighted by molar-refractivity contribution is 7.14. The van der Waals surface area contributed by atoms with Crippen LogP contribution in [0.2, 0.25) is 0 Å². The second-order valence-corrected chi connectivity index (χ2v) is 6.91. The maximum Gasteiger partial charge on any atom is 0.340 e. The number of methoxy groups -OCH3 is 1. The van der Waals surface area contributed by atoms with Crippen LogP contribution in [-0.4, -0.2) is 50.6 Å². The van der Waals surface area contributed by atoms with Crippen LogP contribution in [0.4, 0.5) is 5.00 Å². The van der Waals surface area contributed by atoms with Crippen molar-refractivity contribution in [1.82, 2.24) is 10.6 Å². The molecule has 2 fully saturated rings. The smallest absolute Gasteiger partial charge is 0.340 e. The first kappa shape index (κ1) is 19.7. The number of carbonyl (C=O) groups excluding carboxylic acids is 3. The Morgan fingerprint density at radius 1 is 1.40 bits per heavy atom.